The molecule has 1 saturated carbocycles. The van der Waals surface area contributed by atoms with Gasteiger partial charge in [0, 0.05) is 6.04 Å². The van der Waals surface area contributed by atoms with E-state index in [0.717, 1.165) is 5.92 Å². The van der Waals surface area contributed by atoms with Gasteiger partial charge in [0.25, 0.3) is 0 Å². The van der Waals surface area contributed by atoms with E-state index in [1.165, 1.54) is 63.5 Å². The Kier molecular flexibility index (Phi) is 4.22. The maximum Gasteiger partial charge on any atom is 0.0291 e. The minimum Gasteiger partial charge on any atom is -0.310 e. The van der Waals surface area contributed by atoms with Gasteiger partial charge in [0.05, 0.1) is 0 Å². The van der Waals surface area contributed by atoms with Gasteiger partial charge in [0.2, 0.25) is 0 Å². The van der Waals surface area contributed by atoms with E-state index in [4.69, 9.17) is 0 Å². The van der Waals surface area contributed by atoms with Crippen LogP contribution in [0.5, 0.6) is 0 Å². The first-order valence-corrected chi connectivity index (χ1v) is 8.18. The van der Waals surface area contributed by atoms with Crippen molar-refractivity contribution in [2.24, 2.45) is 5.92 Å². The second-order valence-corrected chi connectivity index (χ2v) is 6.50. The summed E-state index contributed by atoms with van der Waals surface area (Å²) < 4.78 is 0. The molecule has 1 N–H and O–H groups in total. The number of aryl methyl sites for hydroxylation is 2. The quantitative estimate of drug-likeness (QED) is 0.745. The molecule has 2 aliphatic rings. The van der Waals surface area contributed by atoms with Crippen molar-refractivity contribution < 1.29 is 0 Å². The van der Waals surface area contributed by atoms with Crippen LogP contribution in [0.3, 0.4) is 0 Å². The highest BCUT2D eigenvalue weighted by Crippen LogP contribution is 2.33. The van der Waals surface area contributed by atoms with Crippen LogP contribution < -0.4 is 5.32 Å². The highest BCUT2D eigenvalue weighted by atomic mass is 14.9. The molecule has 1 aromatic rings. The predicted octanol–water partition coefficient (Wildman–Crippen LogP) is 4.41. The molecule has 0 amide bonds. The monoisotopic (exact) mass is 257 g/mol. The Morgan fingerprint density at radius 2 is 1.95 bits per heavy atom. The van der Waals surface area contributed by atoms with E-state index >= 15 is 0 Å². The summed E-state index contributed by atoms with van der Waals surface area (Å²) in [5.41, 5.74) is 4.68. The van der Waals surface area contributed by atoms with E-state index in [0.29, 0.717) is 6.04 Å². The van der Waals surface area contributed by atoms with Gasteiger partial charge in [-0.15, -0.1) is 0 Å². The third kappa shape index (κ3) is 3.60. The second kappa shape index (κ2) is 6.09. The van der Waals surface area contributed by atoms with E-state index < -0.39 is 0 Å². The van der Waals surface area contributed by atoms with Crippen LogP contribution in [-0.4, -0.2) is 6.54 Å². The number of rotatable bonds is 6. The number of fused-ring (bicyclic) bond motifs is 1. The molecular weight excluding hydrogens is 230 g/mol. The molecule has 0 saturated heterocycles. The van der Waals surface area contributed by atoms with Crippen LogP contribution in [0.1, 0.15) is 68.2 Å². The standard InChI is InChI=1S/C18H27N/c1-14(19-12-4-5-15-8-9-15)17-11-10-16-6-2-3-7-18(16)13-17/h10-11,13-15,19H,2-9,12H2,1H3. The molecule has 1 nitrogen and oxygen atoms in total. The van der Waals surface area contributed by atoms with Crippen molar-refractivity contribution in [1.29, 1.82) is 0 Å². The molecule has 1 unspecified atom stereocenters. The third-order valence-corrected chi connectivity index (χ3v) is 4.81. The minimum atomic E-state index is 0.506. The summed E-state index contributed by atoms with van der Waals surface area (Å²) in [6.45, 7) is 3.48. The fourth-order valence-corrected chi connectivity index (χ4v) is 3.26. The molecular formula is C18H27N. The third-order valence-electron chi connectivity index (χ3n) is 4.81. The van der Waals surface area contributed by atoms with E-state index in [9.17, 15) is 0 Å². The highest BCUT2D eigenvalue weighted by Gasteiger charge is 2.20. The average Bonchev–Trinajstić information content (AvgIpc) is 3.27. The van der Waals surface area contributed by atoms with Crippen molar-refractivity contribution in [1.82, 2.24) is 5.32 Å². The molecule has 1 heteroatoms. The van der Waals surface area contributed by atoms with Gasteiger partial charge in [0.1, 0.15) is 0 Å². The van der Waals surface area contributed by atoms with Crippen molar-refractivity contribution in [2.75, 3.05) is 6.54 Å². The fourth-order valence-electron chi connectivity index (χ4n) is 3.26. The van der Waals surface area contributed by atoms with E-state index in [-0.39, 0.29) is 0 Å². The molecule has 0 heterocycles. The predicted molar refractivity (Wildman–Crippen MR) is 81.5 cm³/mol. The zero-order valence-corrected chi connectivity index (χ0v) is 12.3. The summed E-state index contributed by atoms with van der Waals surface area (Å²) >= 11 is 0. The highest BCUT2D eigenvalue weighted by molar-refractivity contribution is 5.35. The second-order valence-electron chi connectivity index (χ2n) is 6.50. The van der Waals surface area contributed by atoms with E-state index in [2.05, 4.69) is 30.4 Å². The Labute approximate surface area is 117 Å². The van der Waals surface area contributed by atoms with Gasteiger partial charge in [-0.1, -0.05) is 31.0 Å². The molecule has 1 atom stereocenters. The van der Waals surface area contributed by atoms with Crippen molar-refractivity contribution >= 4 is 0 Å². The van der Waals surface area contributed by atoms with Crippen LogP contribution in [0, 0.1) is 5.92 Å². The molecule has 104 valence electrons. The van der Waals surface area contributed by atoms with Gasteiger partial charge in [-0.3, -0.25) is 0 Å². The van der Waals surface area contributed by atoms with Crippen LogP contribution >= 0.6 is 0 Å². The van der Waals surface area contributed by atoms with Gasteiger partial charge < -0.3 is 5.32 Å². The molecule has 1 aromatic carbocycles. The molecule has 0 aliphatic heterocycles. The zero-order valence-electron chi connectivity index (χ0n) is 12.3. The normalized spacial score (nSPS) is 20.1. The summed E-state index contributed by atoms with van der Waals surface area (Å²) in [5, 5.41) is 3.69. The molecule has 19 heavy (non-hydrogen) atoms. The lowest BCUT2D eigenvalue weighted by molar-refractivity contribution is 0.532. The summed E-state index contributed by atoms with van der Waals surface area (Å²) in [5.74, 6) is 1.07. The van der Waals surface area contributed by atoms with Gasteiger partial charge in [0.15, 0.2) is 0 Å². The first kappa shape index (κ1) is 13.2. The first-order chi connectivity index (χ1) is 9.33. The largest absolute Gasteiger partial charge is 0.310 e. The Morgan fingerprint density at radius 3 is 2.74 bits per heavy atom. The average molecular weight is 257 g/mol. The topological polar surface area (TPSA) is 12.0 Å². The van der Waals surface area contributed by atoms with Gasteiger partial charge in [-0.05, 0) is 74.6 Å². The van der Waals surface area contributed by atoms with E-state index in [1.54, 1.807) is 11.1 Å². The Morgan fingerprint density at radius 1 is 1.16 bits per heavy atom. The summed E-state index contributed by atoms with van der Waals surface area (Å²) in [7, 11) is 0. The maximum absolute atomic E-state index is 3.69. The summed E-state index contributed by atoms with van der Waals surface area (Å²) in [6, 6.07) is 7.66. The Balaban J connectivity index is 1.51. The van der Waals surface area contributed by atoms with Gasteiger partial charge in [-0.25, -0.2) is 0 Å². The van der Waals surface area contributed by atoms with Crippen molar-refractivity contribution in [3.8, 4) is 0 Å². The minimum absolute atomic E-state index is 0.506. The molecule has 0 bridgehead atoms. The number of hydrogen-bond donors (Lipinski definition) is 1. The van der Waals surface area contributed by atoms with Gasteiger partial charge in [-0.2, -0.15) is 0 Å². The molecule has 2 aliphatic carbocycles. The smallest absolute Gasteiger partial charge is 0.0291 e. The number of hydrogen-bond acceptors (Lipinski definition) is 1. The van der Waals surface area contributed by atoms with Crippen LogP contribution in [0.25, 0.3) is 0 Å². The molecule has 1 fully saturated rings. The van der Waals surface area contributed by atoms with Gasteiger partial charge >= 0.3 is 0 Å². The van der Waals surface area contributed by atoms with Crippen LogP contribution in [-0.2, 0) is 12.8 Å². The zero-order chi connectivity index (χ0) is 13.1. The van der Waals surface area contributed by atoms with E-state index in [1.807, 2.05) is 0 Å². The van der Waals surface area contributed by atoms with Crippen molar-refractivity contribution in [2.45, 2.75) is 64.3 Å². The maximum atomic E-state index is 3.69. The number of benzene rings is 1. The molecule has 0 aromatic heterocycles. The van der Waals surface area contributed by atoms with Crippen molar-refractivity contribution in [3.63, 3.8) is 0 Å². The Bertz CT molecular complexity index is 420. The SMILES string of the molecule is CC(NCCCC1CC1)c1ccc2c(c1)CCCC2. The Hall–Kier alpha value is -0.820. The summed E-state index contributed by atoms with van der Waals surface area (Å²) in [4.78, 5) is 0. The fraction of sp³-hybridized carbons (Fsp3) is 0.667. The molecule has 0 spiro atoms. The van der Waals surface area contributed by atoms with Crippen molar-refractivity contribution in [3.05, 3.63) is 34.9 Å². The van der Waals surface area contributed by atoms with Crippen LogP contribution in [0.2, 0.25) is 0 Å². The van der Waals surface area contributed by atoms with Crippen LogP contribution in [0.15, 0.2) is 18.2 Å². The van der Waals surface area contributed by atoms with Crippen LogP contribution in [0.4, 0.5) is 0 Å². The molecule has 3 rings (SSSR count). The summed E-state index contributed by atoms with van der Waals surface area (Å²) in [6.07, 6.45) is 11.1. The first-order valence-electron chi connectivity index (χ1n) is 8.18. The lowest BCUT2D eigenvalue weighted by Crippen LogP contribution is -2.20. The lowest BCUT2D eigenvalue weighted by atomic mass is 9.89. The lowest BCUT2D eigenvalue weighted by Gasteiger charge is -2.20. The molecule has 0 radical (unpaired) electrons. The number of nitrogens with one attached hydrogen (secondary N) is 1.